The Bertz CT molecular complexity index is 991. The lowest BCUT2D eigenvalue weighted by Gasteiger charge is -2.15. The first-order valence-corrected chi connectivity index (χ1v) is 9.76. The molecule has 1 heterocycles. The summed E-state index contributed by atoms with van der Waals surface area (Å²) in [4.78, 5) is 23.7. The zero-order chi connectivity index (χ0) is 24.2. The number of imide groups is 1. The van der Waals surface area contributed by atoms with Gasteiger partial charge in [-0.25, -0.2) is 4.79 Å². The number of alkyl halides is 6. The topological polar surface area (TPSA) is 79.5 Å². The van der Waals surface area contributed by atoms with Crippen LogP contribution in [0.1, 0.15) is 29.0 Å². The summed E-state index contributed by atoms with van der Waals surface area (Å²) in [6, 6.07) is 7.49. The van der Waals surface area contributed by atoms with Crippen LogP contribution in [-0.4, -0.2) is 31.6 Å². The fourth-order valence-electron chi connectivity index (χ4n) is 3.34. The van der Waals surface area contributed by atoms with Gasteiger partial charge in [-0.15, -0.1) is 0 Å². The number of hydrogen-bond acceptors (Lipinski definition) is 4. The molecule has 3 amide bonds. The maximum Gasteiger partial charge on any atom is 0.416 e. The Balaban J connectivity index is 1.48. The molecule has 0 saturated carbocycles. The molecule has 2 aromatic carbocycles. The molecule has 3 N–H and O–H groups in total. The molecule has 2 aromatic rings. The van der Waals surface area contributed by atoms with E-state index < -0.39 is 47.8 Å². The van der Waals surface area contributed by atoms with Gasteiger partial charge in [0.25, 0.3) is 5.91 Å². The van der Waals surface area contributed by atoms with Crippen molar-refractivity contribution in [2.24, 2.45) is 0 Å². The summed E-state index contributed by atoms with van der Waals surface area (Å²) in [5.41, 5.74) is -1.02. The maximum absolute atomic E-state index is 12.9. The predicted molar refractivity (Wildman–Crippen MR) is 106 cm³/mol. The molecule has 1 aliphatic rings. The van der Waals surface area contributed by atoms with Crippen LogP contribution in [-0.2, 0) is 17.1 Å². The molecule has 0 aliphatic carbocycles. The van der Waals surface area contributed by atoms with E-state index in [1.165, 1.54) is 0 Å². The molecule has 0 fully saturated rings. The van der Waals surface area contributed by atoms with Crippen LogP contribution in [0.5, 0.6) is 5.75 Å². The summed E-state index contributed by atoms with van der Waals surface area (Å²) in [6.45, 7) is -0.0124. The molecule has 3 rings (SSSR count). The van der Waals surface area contributed by atoms with Crippen molar-refractivity contribution in [3.05, 3.63) is 59.2 Å². The third kappa shape index (κ3) is 6.53. The first-order valence-electron chi connectivity index (χ1n) is 9.76. The van der Waals surface area contributed by atoms with E-state index in [0.29, 0.717) is 25.1 Å². The summed E-state index contributed by atoms with van der Waals surface area (Å²) in [7, 11) is 0. The van der Waals surface area contributed by atoms with Crippen LogP contribution in [0.2, 0.25) is 0 Å². The fourth-order valence-corrected chi connectivity index (χ4v) is 3.34. The molecule has 12 heteroatoms. The van der Waals surface area contributed by atoms with Crippen LogP contribution in [0.3, 0.4) is 0 Å². The Labute approximate surface area is 184 Å². The van der Waals surface area contributed by atoms with Crippen molar-refractivity contribution in [3.63, 3.8) is 0 Å². The highest BCUT2D eigenvalue weighted by Crippen LogP contribution is 2.38. The predicted octanol–water partition coefficient (Wildman–Crippen LogP) is 4.53. The van der Waals surface area contributed by atoms with Gasteiger partial charge < -0.3 is 15.4 Å². The summed E-state index contributed by atoms with van der Waals surface area (Å²) >= 11 is 0. The number of carbonyl (C=O) groups is 2. The molecule has 0 saturated heterocycles. The van der Waals surface area contributed by atoms with Crippen LogP contribution in [0.25, 0.3) is 0 Å². The van der Waals surface area contributed by atoms with Crippen molar-refractivity contribution >= 4 is 17.6 Å². The lowest BCUT2D eigenvalue weighted by Crippen LogP contribution is -2.42. The quantitative estimate of drug-likeness (QED) is 0.537. The summed E-state index contributed by atoms with van der Waals surface area (Å²) in [5, 5.41) is 7.63. The molecular weight excluding hydrogens is 456 g/mol. The van der Waals surface area contributed by atoms with Gasteiger partial charge in [0.2, 0.25) is 0 Å². The lowest BCUT2D eigenvalue weighted by molar-refractivity contribution is -0.143. The Hall–Kier alpha value is -3.44. The molecule has 0 spiro atoms. The fraction of sp³-hybridized carbons (Fsp3) is 0.333. The highest BCUT2D eigenvalue weighted by Gasteiger charge is 2.37. The van der Waals surface area contributed by atoms with Crippen molar-refractivity contribution in [1.82, 2.24) is 10.6 Å². The average Bonchev–Trinajstić information content (AvgIpc) is 3.14. The van der Waals surface area contributed by atoms with E-state index in [1.807, 2.05) is 29.6 Å². The minimum absolute atomic E-state index is 0.0569. The standard InChI is InChI=1S/C21H19F6N3O3/c22-20(23,24)13-7-14(21(25,26)27)9-15(8-13)33-11-18(31)30-19(32)28-6-5-12-10-29-17-4-2-1-3-16(12)17/h1-4,7-9,12,29H,5-6,10-11H2,(H2,28,30,31,32). The third-order valence-corrected chi connectivity index (χ3v) is 4.90. The Kier molecular flexibility index (Phi) is 7.04. The summed E-state index contributed by atoms with van der Waals surface area (Å²) in [6.07, 6.45) is -9.50. The number of benzene rings is 2. The SMILES string of the molecule is O=C(COc1cc(C(F)(F)F)cc(C(F)(F)F)c1)NC(=O)NCCC1CNc2ccccc21. The first-order chi connectivity index (χ1) is 15.4. The van der Waals surface area contributed by atoms with E-state index in [2.05, 4.69) is 10.6 Å². The number of amides is 3. The monoisotopic (exact) mass is 475 g/mol. The summed E-state index contributed by atoms with van der Waals surface area (Å²) in [5.74, 6) is -1.67. The number of nitrogens with one attached hydrogen (secondary N) is 3. The van der Waals surface area contributed by atoms with Crippen LogP contribution in [0, 0.1) is 0 Å². The number of carbonyl (C=O) groups excluding carboxylic acids is 2. The number of urea groups is 1. The largest absolute Gasteiger partial charge is 0.484 e. The van der Waals surface area contributed by atoms with Crippen molar-refractivity contribution in [3.8, 4) is 5.75 Å². The van der Waals surface area contributed by atoms with Gasteiger partial charge in [0.05, 0.1) is 11.1 Å². The molecule has 1 unspecified atom stereocenters. The number of ether oxygens (including phenoxy) is 1. The van der Waals surface area contributed by atoms with Crippen molar-refractivity contribution < 1.29 is 40.7 Å². The molecule has 178 valence electrons. The Morgan fingerprint density at radius 1 is 1.00 bits per heavy atom. The Morgan fingerprint density at radius 2 is 1.64 bits per heavy atom. The highest BCUT2D eigenvalue weighted by atomic mass is 19.4. The number of hydrogen-bond donors (Lipinski definition) is 3. The molecule has 0 radical (unpaired) electrons. The molecular formula is C21H19F6N3O3. The molecule has 1 aliphatic heterocycles. The van der Waals surface area contributed by atoms with E-state index in [-0.39, 0.29) is 18.5 Å². The minimum atomic E-state index is -5.04. The zero-order valence-corrected chi connectivity index (χ0v) is 16.9. The first kappa shape index (κ1) is 24.2. The molecule has 1 atom stereocenters. The van der Waals surface area contributed by atoms with E-state index in [9.17, 15) is 35.9 Å². The second-order valence-corrected chi connectivity index (χ2v) is 7.29. The number of para-hydroxylation sites is 1. The van der Waals surface area contributed by atoms with E-state index in [4.69, 9.17) is 4.74 Å². The van der Waals surface area contributed by atoms with E-state index in [1.54, 1.807) is 0 Å². The van der Waals surface area contributed by atoms with Gasteiger partial charge >= 0.3 is 18.4 Å². The normalized spacial score (nSPS) is 15.4. The second-order valence-electron chi connectivity index (χ2n) is 7.29. The number of fused-ring (bicyclic) bond motifs is 1. The van der Waals surface area contributed by atoms with Gasteiger partial charge in [0.15, 0.2) is 6.61 Å². The van der Waals surface area contributed by atoms with Gasteiger partial charge in [-0.05, 0) is 36.2 Å². The van der Waals surface area contributed by atoms with Crippen molar-refractivity contribution in [2.75, 3.05) is 25.0 Å². The van der Waals surface area contributed by atoms with Crippen molar-refractivity contribution in [2.45, 2.75) is 24.7 Å². The number of anilines is 1. The molecule has 33 heavy (non-hydrogen) atoms. The smallest absolute Gasteiger partial charge is 0.416 e. The molecule has 0 bridgehead atoms. The van der Waals surface area contributed by atoms with Crippen LogP contribution in [0.4, 0.5) is 36.8 Å². The minimum Gasteiger partial charge on any atom is -0.484 e. The summed E-state index contributed by atoms with van der Waals surface area (Å²) < 4.78 is 81.9. The van der Waals surface area contributed by atoms with E-state index in [0.717, 1.165) is 11.3 Å². The highest BCUT2D eigenvalue weighted by molar-refractivity contribution is 5.95. The maximum atomic E-state index is 12.9. The van der Waals surface area contributed by atoms with Gasteiger partial charge in [-0.1, -0.05) is 18.2 Å². The van der Waals surface area contributed by atoms with Crippen LogP contribution in [0.15, 0.2) is 42.5 Å². The Morgan fingerprint density at radius 3 is 2.27 bits per heavy atom. The van der Waals surface area contributed by atoms with Gasteiger partial charge in [-0.3, -0.25) is 10.1 Å². The zero-order valence-electron chi connectivity index (χ0n) is 16.9. The van der Waals surface area contributed by atoms with Crippen LogP contribution < -0.4 is 20.7 Å². The van der Waals surface area contributed by atoms with Gasteiger partial charge in [-0.2, -0.15) is 26.3 Å². The van der Waals surface area contributed by atoms with E-state index >= 15 is 0 Å². The second kappa shape index (κ2) is 9.59. The molecule has 0 aromatic heterocycles. The van der Waals surface area contributed by atoms with Crippen LogP contribution >= 0.6 is 0 Å². The molecule has 6 nitrogen and oxygen atoms in total. The third-order valence-electron chi connectivity index (χ3n) is 4.90. The van der Waals surface area contributed by atoms with Gasteiger partial charge in [0.1, 0.15) is 5.75 Å². The van der Waals surface area contributed by atoms with Crippen molar-refractivity contribution in [1.29, 1.82) is 0 Å². The number of rotatable bonds is 6. The average molecular weight is 475 g/mol. The lowest BCUT2D eigenvalue weighted by atomic mass is 9.98. The number of halogens is 6. The van der Waals surface area contributed by atoms with Gasteiger partial charge in [0, 0.05) is 24.7 Å².